The van der Waals surface area contributed by atoms with Crippen molar-refractivity contribution in [2.24, 2.45) is 0 Å². The first-order valence-electron chi connectivity index (χ1n) is 3.70. The first kappa shape index (κ1) is 7.16. The molecule has 0 spiro atoms. The number of anilines is 1. The molecule has 2 N–H and O–H groups in total. The minimum Gasteiger partial charge on any atom is -0.508 e. The average molecular weight is 165 g/mol. The quantitative estimate of drug-likeness (QED) is 0.617. The van der Waals surface area contributed by atoms with Crippen LogP contribution in [0.3, 0.4) is 0 Å². The molecule has 1 aromatic rings. The van der Waals surface area contributed by atoms with Crippen molar-refractivity contribution in [3.05, 3.63) is 35.7 Å². The first-order valence-corrected chi connectivity index (χ1v) is 3.70. The molecule has 1 aliphatic heterocycles. The Morgan fingerprint density at radius 2 is 2.25 bits per heavy atom. The molecule has 2 rings (SSSR count). The Labute approximate surface area is 69.3 Å². The van der Waals surface area contributed by atoms with Crippen LogP contribution < -0.4 is 5.32 Å². The van der Waals surface area contributed by atoms with Gasteiger partial charge in [0, 0.05) is 17.8 Å². The molecule has 1 aliphatic rings. The van der Waals surface area contributed by atoms with E-state index in [4.69, 9.17) is 0 Å². The van der Waals surface area contributed by atoms with Gasteiger partial charge in [-0.25, -0.2) is 4.39 Å². The second kappa shape index (κ2) is 2.52. The maximum atomic E-state index is 12.7. The van der Waals surface area contributed by atoms with E-state index in [9.17, 15) is 9.50 Å². The van der Waals surface area contributed by atoms with Gasteiger partial charge in [-0.15, -0.1) is 0 Å². The lowest BCUT2D eigenvalue weighted by atomic mass is 10.1. The van der Waals surface area contributed by atoms with Gasteiger partial charge in [0.1, 0.15) is 11.6 Å². The van der Waals surface area contributed by atoms with Crippen LogP contribution in [0.1, 0.15) is 5.56 Å². The van der Waals surface area contributed by atoms with Gasteiger partial charge in [0.05, 0.1) is 0 Å². The smallest absolute Gasteiger partial charge is 0.124 e. The Balaban J connectivity index is 2.58. The van der Waals surface area contributed by atoms with E-state index in [1.165, 1.54) is 12.1 Å². The number of rotatable bonds is 0. The van der Waals surface area contributed by atoms with Gasteiger partial charge in [-0.05, 0) is 24.3 Å². The van der Waals surface area contributed by atoms with Crippen LogP contribution in [-0.4, -0.2) is 11.7 Å². The van der Waals surface area contributed by atoms with E-state index in [0.29, 0.717) is 12.1 Å². The number of hydrogen-bond donors (Lipinski definition) is 2. The summed E-state index contributed by atoms with van der Waals surface area (Å²) in [5.74, 6) is -0.194. The Bertz CT molecular complexity index is 346. The molecule has 1 heterocycles. The van der Waals surface area contributed by atoms with Gasteiger partial charge >= 0.3 is 0 Å². The predicted octanol–water partition coefficient (Wildman–Crippen LogP) is 2.15. The van der Waals surface area contributed by atoms with E-state index < -0.39 is 0 Å². The summed E-state index contributed by atoms with van der Waals surface area (Å²) in [6.07, 6.45) is 1.61. The summed E-state index contributed by atoms with van der Waals surface area (Å²) in [5, 5.41) is 12.4. The molecule has 12 heavy (non-hydrogen) atoms. The van der Waals surface area contributed by atoms with Crippen molar-refractivity contribution in [1.29, 1.82) is 0 Å². The lowest BCUT2D eigenvalue weighted by Gasteiger charge is -2.15. The number of benzene rings is 1. The third-order valence-electron chi connectivity index (χ3n) is 1.85. The van der Waals surface area contributed by atoms with Gasteiger partial charge in [-0.1, -0.05) is 0 Å². The molecule has 0 atom stereocenters. The third kappa shape index (κ3) is 1.03. The largest absolute Gasteiger partial charge is 0.508 e. The maximum absolute atomic E-state index is 12.7. The molecule has 0 aliphatic carbocycles. The van der Waals surface area contributed by atoms with Crippen molar-refractivity contribution in [2.75, 3.05) is 11.9 Å². The van der Waals surface area contributed by atoms with Crippen LogP contribution in [0.2, 0.25) is 0 Å². The highest BCUT2D eigenvalue weighted by Crippen LogP contribution is 2.25. The summed E-state index contributed by atoms with van der Waals surface area (Å²) in [4.78, 5) is 0. The zero-order valence-electron chi connectivity index (χ0n) is 6.34. The standard InChI is InChI=1S/C9H8FNO/c10-6-1-2-8-7(5-6)9(12)3-4-11-8/h1-3,5,11-12H,4H2. The number of fused-ring (bicyclic) bond motifs is 1. The van der Waals surface area contributed by atoms with Crippen LogP contribution >= 0.6 is 0 Å². The summed E-state index contributed by atoms with van der Waals surface area (Å²) in [5.41, 5.74) is 1.30. The lowest BCUT2D eigenvalue weighted by molar-refractivity contribution is 0.508. The normalized spacial score (nSPS) is 14.6. The van der Waals surface area contributed by atoms with Crippen molar-refractivity contribution in [3.8, 4) is 0 Å². The molecular weight excluding hydrogens is 157 g/mol. The monoisotopic (exact) mass is 165 g/mol. The predicted molar refractivity (Wildman–Crippen MR) is 45.5 cm³/mol. The summed E-state index contributed by atoms with van der Waals surface area (Å²) in [6.45, 7) is 0.588. The van der Waals surface area contributed by atoms with Crippen LogP contribution in [0.25, 0.3) is 5.76 Å². The number of nitrogens with one attached hydrogen (secondary N) is 1. The number of halogens is 1. The molecule has 1 aromatic carbocycles. The van der Waals surface area contributed by atoms with Gasteiger partial charge in [0.15, 0.2) is 0 Å². The van der Waals surface area contributed by atoms with Crippen molar-refractivity contribution >= 4 is 11.4 Å². The first-order chi connectivity index (χ1) is 5.77. The van der Waals surface area contributed by atoms with E-state index in [1.807, 2.05) is 0 Å². The number of aliphatic hydroxyl groups is 1. The Hall–Kier alpha value is -1.51. The van der Waals surface area contributed by atoms with E-state index >= 15 is 0 Å². The fourth-order valence-electron chi connectivity index (χ4n) is 1.25. The van der Waals surface area contributed by atoms with E-state index in [0.717, 1.165) is 5.69 Å². The topological polar surface area (TPSA) is 32.3 Å². The van der Waals surface area contributed by atoms with Crippen molar-refractivity contribution < 1.29 is 9.50 Å². The molecule has 0 saturated carbocycles. The van der Waals surface area contributed by atoms with Gasteiger partial charge in [-0.3, -0.25) is 0 Å². The molecule has 0 fully saturated rings. The highest BCUT2D eigenvalue weighted by molar-refractivity contribution is 5.74. The van der Waals surface area contributed by atoms with Crippen LogP contribution in [0.5, 0.6) is 0 Å². The van der Waals surface area contributed by atoms with Gasteiger partial charge in [0.2, 0.25) is 0 Å². The Morgan fingerprint density at radius 1 is 1.42 bits per heavy atom. The molecule has 0 aromatic heterocycles. The van der Waals surface area contributed by atoms with Gasteiger partial charge in [-0.2, -0.15) is 0 Å². The zero-order chi connectivity index (χ0) is 8.55. The molecule has 2 nitrogen and oxygen atoms in total. The Morgan fingerprint density at radius 3 is 3.08 bits per heavy atom. The number of aliphatic hydroxyl groups excluding tert-OH is 1. The zero-order valence-corrected chi connectivity index (χ0v) is 6.34. The summed E-state index contributed by atoms with van der Waals surface area (Å²) in [6, 6.07) is 4.30. The minimum absolute atomic E-state index is 0.142. The van der Waals surface area contributed by atoms with Gasteiger partial charge in [0.25, 0.3) is 0 Å². The molecule has 0 radical (unpaired) electrons. The van der Waals surface area contributed by atoms with Crippen molar-refractivity contribution in [1.82, 2.24) is 0 Å². The minimum atomic E-state index is -0.336. The molecule has 0 amide bonds. The van der Waals surface area contributed by atoms with Crippen LogP contribution in [0, 0.1) is 5.82 Å². The van der Waals surface area contributed by atoms with E-state index in [2.05, 4.69) is 5.32 Å². The van der Waals surface area contributed by atoms with E-state index in [-0.39, 0.29) is 11.6 Å². The fraction of sp³-hybridized carbons (Fsp3) is 0.111. The van der Waals surface area contributed by atoms with Crippen LogP contribution in [0.15, 0.2) is 24.3 Å². The van der Waals surface area contributed by atoms with Crippen LogP contribution in [0.4, 0.5) is 10.1 Å². The van der Waals surface area contributed by atoms with Crippen molar-refractivity contribution in [2.45, 2.75) is 0 Å². The highest BCUT2D eigenvalue weighted by atomic mass is 19.1. The molecule has 62 valence electrons. The maximum Gasteiger partial charge on any atom is 0.124 e. The van der Waals surface area contributed by atoms with Crippen LogP contribution in [-0.2, 0) is 0 Å². The summed E-state index contributed by atoms with van der Waals surface area (Å²) < 4.78 is 12.7. The Kier molecular flexibility index (Phi) is 1.50. The van der Waals surface area contributed by atoms with Crippen molar-refractivity contribution in [3.63, 3.8) is 0 Å². The molecule has 0 unspecified atom stereocenters. The second-order valence-electron chi connectivity index (χ2n) is 2.66. The molecular formula is C9H8FNO. The second-order valence-corrected chi connectivity index (χ2v) is 2.66. The fourth-order valence-corrected chi connectivity index (χ4v) is 1.25. The summed E-state index contributed by atoms with van der Waals surface area (Å²) in [7, 11) is 0. The van der Waals surface area contributed by atoms with E-state index in [1.54, 1.807) is 12.1 Å². The molecule has 3 heteroatoms. The number of hydrogen-bond acceptors (Lipinski definition) is 2. The molecule has 0 saturated heterocycles. The lowest BCUT2D eigenvalue weighted by Crippen LogP contribution is -2.07. The average Bonchev–Trinajstić information content (AvgIpc) is 2.07. The molecule has 0 bridgehead atoms. The SMILES string of the molecule is OC1=CCNc2ccc(F)cc21. The highest BCUT2D eigenvalue weighted by Gasteiger charge is 2.10. The third-order valence-corrected chi connectivity index (χ3v) is 1.85. The summed E-state index contributed by atoms with van der Waals surface area (Å²) >= 11 is 0. The van der Waals surface area contributed by atoms with Gasteiger partial charge < -0.3 is 10.4 Å².